The lowest BCUT2D eigenvalue weighted by atomic mass is 9.95. The van der Waals surface area contributed by atoms with E-state index in [-0.39, 0.29) is 36.6 Å². The van der Waals surface area contributed by atoms with Crippen molar-refractivity contribution in [3.63, 3.8) is 0 Å². The van der Waals surface area contributed by atoms with E-state index in [0.29, 0.717) is 0 Å². The van der Waals surface area contributed by atoms with Gasteiger partial charge >= 0.3 is 0 Å². The molecule has 0 unspecified atom stereocenters. The minimum atomic E-state index is -0.606. The second kappa shape index (κ2) is 10.6. The van der Waals surface area contributed by atoms with Gasteiger partial charge < -0.3 is 10.2 Å². The van der Waals surface area contributed by atoms with Crippen LogP contribution in [0.15, 0.2) is 42.5 Å². The average Bonchev–Trinajstić information content (AvgIpc) is 2.72. The Morgan fingerprint density at radius 3 is 2.23 bits per heavy atom. The van der Waals surface area contributed by atoms with Crippen LogP contribution >= 0.6 is 0 Å². The molecule has 3 rings (SSSR count). The summed E-state index contributed by atoms with van der Waals surface area (Å²) in [5.74, 6) is -0.552. The second-order valence-corrected chi connectivity index (χ2v) is 8.84. The first-order chi connectivity index (χ1) is 14.8. The molecule has 2 aromatic rings. The second-order valence-electron chi connectivity index (χ2n) is 8.84. The van der Waals surface area contributed by atoms with Gasteiger partial charge in [-0.2, -0.15) is 0 Å². The molecule has 5 heteroatoms. The van der Waals surface area contributed by atoms with Crippen molar-refractivity contribution in [2.75, 3.05) is 0 Å². The Balaban J connectivity index is 1.77. The van der Waals surface area contributed by atoms with E-state index in [2.05, 4.69) is 11.4 Å². The fourth-order valence-electron chi connectivity index (χ4n) is 4.39. The zero-order chi connectivity index (χ0) is 22.4. The number of hydrogen-bond acceptors (Lipinski definition) is 2. The third-order valence-corrected chi connectivity index (χ3v) is 6.02. The number of rotatable bonds is 7. The van der Waals surface area contributed by atoms with Crippen molar-refractivity contribution in [1.29, 1.82) is 0 Å². The molecule has 0 heterocycles. The van der Waals surface area contributed by atoms with Crippen LogP contribution in [0.1, 0.15) is 61.3 Å². The topological polar surface area (TPSA) is 49.4 Å². The van der Waals surface area contributed by atoms with Gasteiger partial charge in [0.1, 0.15) is 11.9 Å². The van der Waals surface area contributed by atoms with E-state index >= 15 is 0 Å². The van der Waals surface area contributed by atoms with Crippen molar-refractivity contribution in [2.45, 2.75) is 77.9 Å². The zero-order valence-corrected chi connectivity index (χ0v) is 18.8. The van der Waals surface area contributed by atoms with Gasteiger partial charge in [-0.3, -0.25) is 9.59 Å². The molecule has 166 valence electrons. The molecular formula is C26H33FN2O2. The van der Waals surface area contributed by atoms with Crippen LogP contribution in [0.3, 0.4) is 0 Å². The van der Waals surface area contributed by atoms with Crippen LogP contribution in [0.4, 0.5) is 4.39 Å². The number of nitrogens with zero attached hydrogens (tertiary/aromatic N) is 1. The fraction of sp³-hybridized carbons (Fsp3) is 0.462. The van der Waals surface area contributed by atoms with E-state index in [1.807, 2.05) is 26.0 Å². The number of benzene rings is 2. The lowest BCUT2D eigenvalue weighted by Gasteiger charge is -2.31. The van der Waals surface area contributed by atoms with Crippen LogP contribution in [0.25, 0.3) is 0 Å². The quantitative estimate of drug-likeness (QED) is 0.691. The molecule has 1 fully saturated rings. The summed E-state index contributed by atoms with van der Waals surface area (Å²) in [6, 6.07) is 11.8. The number of hydrogen-bond donors (Lipinski definition) is 1. The molecule has 1 saturated carbocycles. The predicted molar refractivity (Wildman–Crippen MR) is 121 cm³/mol. The Kier molecular flexibility index (Phi) is 7.83. The Morgan fingerprint density at radius 1 is 1.00 bits per heavy atom. The zero-order valence-electron chi connectivity index (χ0n) is 18.8. The normalized spacial score (nSPS) is 15.4. The summed E-state index contributed by atoms with van der Waals surface area (Å²) in [6.07, 6.45) is 5.69. The molecule has 0 radical (unpaired) electrons. The molecule has 1 atom stereocenters. The van der Waals surface area contributed by atoms with Crippen molar-refractivity contribution in [3.05, 3.63) is 70.5 Å². The van der Waals surface area contributed by atoms with E-state index in [1.54, 1.807) is 24.0 Å². The van der Waals surface area contributed by atoms with Crippen LogP contribution in [0, 0.1) is 19.7 Å². The molecule has 31 heavy (non-hydrogen) atoms. The Bertz CT molecular complexity index is 884. The van der Waals surface area contributed by atoms with Crippen LogP contribution in [-0.2, 0) is 22.6 Å². The van der Waals surface area contributed by atoms with Crippen LogP contribution < -0.4 is 5.32 Å². The number of amides is 2. The van der Waals surface area contributed by atoms with Gasteiger partial charge in [0.2, 0.25) is 11.8 Å². The van der Waals surface area contributed by atoms with Gasteiger partial charge in [0, 0.05) is 12.6 Å². The first-order valence-electron chi connectivity index (χ1n) is 11.2. The largest absolute Gasteiger partial charge is 0.352 e. The highest BCUT2D eigenvalue weighted by Crippen LogP contribution is 2.19. The van der Waals surface area contributed by atoms with Gasteiger partial charge in [-0.25, -0.2) is 4.39 Å². The maximum atomic E-state index is 13.3. The van der Waals surface area contributed by atoms with E-state index in [9.17, 15) is 14.0 Å². The number of aryl methyl sites for hydroxylation is 2. The van der Waals surface area contributed by atoms with E-state index in [4.69, 9.17) is 0 Å². The summed E-state index contributed by atoms with van der Waals surface area (Å²) in [7, 11) is 0. The van der Waals surface area contributed by atoms with E-state index < -0.39 is 6.04 Å². The number of nitrogens with one attached hydrogen (secondary N) is 1. The molecule has 1 aliphatic rings. The number of halogens is 1. The highest BCUT2D eigenvalue weighted by molar-refractivity contribution is 5.88. The minimum Gasteiger partial charge on any atom is -0.352 e. The van der Waals surface area contributed by atoms with Gasteiger partial charge in [-0.1, -0.05) is 60.7 Å². The van der Waals surface area contributed by atoms with Crippen molar-refractivity contribution < 1.29 is 14.0 Å². The highest BCUT2D eigenvalue weighted by atomic mass is 19.1. The van der Waals surface area contributed by atoms with Gasteiger partial charge in [0.15, 0.2) is 0 Å². The summed E-state index contributed by atoms with van der Waals surface area (Å²) >= 11 is 0. The van der Waals surface area contributed by atoms with Crippen molar-refractivity contribution in [2.24, 2.45) is 0 Å². The van der Waals surface area contributed by atoms with Crippen LogP contribution in [0.2, 0.25) is 0 Å². The van der Waals surface area contributed by atoms with Gasteiger partial charge in [0.25, 0.3) is 0 Å². The molecule has 4 nitrogen and oxygen atoms in total. The monoisotopic (exact) mass is 424 g/mol. The molecule has 0 aromatic heterocycles. The smallest absolute Gasteiger partial charge is 0.242 e. The Hall–Kier alpha value is -2.69. The third kappa shape index (κ3) is 6.65. The number of carbonyl (C=O) groups is 2. The summed E-state index contributed by atoms with van der Waals surface area (Å²) in [5, 5.41) is 3.14. The molecule has 2 amide bonds. The molecule has 0 bridgehead atoms. The van der Waals surface area contributed by atoms with Crippen LogP contribution in [-0.4, -0.2) is 28.8 Å². The standard InChI is InChI=1S/C26H33FN2O2/c1-18-13-19(2)15-22(14-18)16-25(30)29(17-21-9-11-23(27)12-10-21)20(3)26(31)28-24-7-5-4-6-8-24/h9-15,20,24H,4-8,16-17H2,1-3H3,(H,28,31)/t20-/m0/s1. The average molecular weight is 425 g/mol. The van der Waals surface area contributed by atoms with Gasteiger partial charge in [-0.15, -0.1) is 0 Å². The maximum absolute atomic E-state index is 13.3. The molecule has 2 aromatic carbocycles. The molecule has 0 saturated heterocycles. The summed E-state index contributed by atoms with van der Waals surface area (Å²) < 4.78 is 13.3. The van der Waals surface area contributed by atoms with Crippen molar-refractivity contribution in [3.8, 4) is 0 Å². The third-order valence-electron chi connectivity index (χ3n) is 6.02. The fourth-order valence-corrected chi connectivity index (χ4v) is 4.39. The summed E-state index contributed by atoms with van der Waals surface area (Å²) in [5.41, 5.74) is 3.95. The SMILES string of the molecule is Cc1cc(C)cc(CC(=O)N(Cc2ccc(F)cc2)[C@@H](C)C(=O)NC2CCCCC2)c1. The Morgan fingerprint density at radius 2 is 1.61 bits per heavy atom. The molecular weight excluding hydrogens is 391 g/mol. The van der Waals surface area contributed by atoms with Gasteiger partial charge in [-0.05, 0) is 56.9 Å². The maximum Gasteiger partial charge on any atom is 0.242 e. The molecule has 0 aliphatic heterocycles. The molecule has 1 aliphatic carbocycles. The Labute approximate surface area is 184 Å². The highest BCUT2D eigenvalue weighted by Gasteiger charge is 2.28. The van der Waals surface area contributed by atoms with Crippen LogP contribution in [0.5, 0.6) is 0 Å². The number of carbonyl (C=O) groups excluding carboxylic acids is 2. The van der Waals surface area contributed by atoms with E-state index in [1.165, 1.54) is 18.6 Å². The minimum absolute atomic E-state index is 0.111. The first kappa shape index (κ1) is 23.0. The predicted octanol–water partition coefficient (Wildman–Crippen LogP) is 4.85. The molecule has 1 N–H and O–H groups in total. The van der Waals surface area contributed by atoms with Gasteiger partial charge in [0.05, 0.1) is 6.42 Å². The summed E-state index contributed by atoms with van der Waals surface area (Å²) in [4.78, 5) is 27.9. The van der Waals surface area contributed by atoms with Crippen molar-refractivity contribution in [1.82, 2.24) is 10.2 Å². The summed E-state index contributed by atoms with van der Waals surface area (Å²) in [6.45, 7) is 6.07. The van der Waals surface area contributed by atoms with E-state index in [0.717, 1.165) is 47.9 Å². The lowest BCUT2D eigenvalue weighted by molar-refractivity contribution is -0.140. The lowest BCUT2D eigenvalue weighted by Crippen LogP contribution is -2.50. The first-order valence-corrected chi connectivity index (χ1v) is 11.2. The van der Waals surface area contributed by atoms with Crippen molar-refractivity contribution >= 4 is 11.8 Å². The molecule has 0 spiro atoms.